The van der Waals surface area contributed by atoms with Crippen LogP contribution in [-0.2, 0) is 11.3 Å². The van der Waals surface area contributed by atoms with Crippen LogP contribution in [0.1, 0.15) is 5.56 Å². The van der Waals surface area contributed by atoms with Crippen LogP contribution in [0.25, 0.3) is 0 Å². The maximum absolute atomic E-state index is 12.9. The molecule has 1 rings (SSSR count). The highest BCUT2D eigenvalue weighted by atomic mass is 19.3. The Bertz CT molecular complexity index is 421. The number of amides is 1. The summed E-state index contributed by atoms with van der Waals surface area (Å²) < 4.78 is 41.2. The molecule has 3 nitrogen and oxygen atoms in total. The molecule has 92 valence electrons. The molecule has 1 N–H and O–H groups in total. The predicted molar refractivity (Wildman–Crippen MR) is 55.1 cm³/mol. The van der Waals surface area contributed by atoms with Gasteiger partial charge in [0.2, 0.25) is 5.91 Å². The number of nitrogens with one attached hydrogen (secondary N) is 1. The lowest BCUT2D eigenvalue weighted by molar-refractivity contribution is -0.116. The van der Waals surface area contributed by atoms with Gasteiger partial charge in [-0.2, -0.15) is 8.78 Å². The fourth-order valence-electron chi connectivity index (χ4n) is 1.15. The average Bonchev–Trinajstić information content (AvgIpc) is 2.28. The number of carbonyl (C=O) groups excluding carboxylic acids is 1. The summed E-state index contributed by atoms with van der Waals surface area (Å²) in [4.78, 5) is 10.9. The van der Waals surface area contributed by atoms with Crippen LogP contribution in [0, 0.1) is 5.82 Å². The minimum Gasteiger partial charge on any atom is -0.434 e. The summed E-state index contributed by atoms with van der Waals surface area (Å²) in [6.45, 7) is 0.0983. The predicted octanol–water partition coefficient (Wildman–Crippen LogP) is 2.23. The van der Waals surface area contributed by atoms with Gasteiger partial charge in [0.1, 0.15) is 11.6 Å². The molecule has 1 aromatic carbocycles. The van der Waals surface area contributed by atoms with E-state index in [1.165, 1.54) is 0 Å². The van der Waals surface area contributed by atoms with Crippen molar-refractivity contribution in [2.45, 2.75) is 13.2 Å². The number of halogens is 3. The van der Waals surface area contributed by atoms with Crippen molar-refractivity contribution in [3.05, 3.63) is 42.2 Å². The van der Waals surface area contributed by atoms with Gasteiger partial charge in [-0.05, 0) is 24.3 Å². The summed E-state index contributed by atoms with van der Waals surface area (Å²) in [5.74, 6) is -1.27. The van der Waals surface area contributed by atoms with E-state index in [1.807, 2.05) is 0 Å². The van der Waals surface area contributed by atoms with E-state index in [2.05, 4.69) is 16.6 Å². The number of benzene rings is 1. The Morgan fingerprint density at radius 1 is 1.53 bits per heavy atom. The Balaban J connectivity index is 2.83. The Labute approximate surface area is 95.9 Å². The molecule has 1 amide bonds. The molecular formula is C11H10F3NO2. The number of hydrogen-bond acceptors (Lipinski definition) is 2. The van der Waals surface area contributed by atoms with Gasteiger partial charge in [-0.15, -0.1) is 0 Å². The van der Waals surface area contributed by atoms with Gasteiger partial charge in [0.05, 0.1) is 0 Å². The van der Waals surface area contributed by atoms with Crippen LogP contribution < -0.4 is 10.1 Å². The number of rotatable bonds is 5. The summed E-state index contributed by atoms with van der Waals surface area (Å²) in [5.41, 5.74) is 0.125. The molecule has 0 spiro atoms. The van der Waals surface area contributed by atoms with Crippen molar-refractivity contribution in [2.75, 3.05) is 0 Å². The van der Waals surface area contributed by atoms with Crippen LogP contribution >= 0.6 is 0 Å². The summed E-state index contributed by atoms with van der Waals surface area (Å²) in [7, 11) is 0. The first-order valence-electron chi connectivity index (χ1n) is 4.66. The van der Waals surface area contributed by atoms with Crippen LogP contribution in [0.4, 0.5) is 13.2 Å². The first-order chi connectivity index (χ1) is 8.02. The van der Waals surface area contributed by atoms with Crippen LogP contribution in [0.3, 0.4) is 0 Å². The van der Waals surface area contributed by atoms with Crippen molar-refractivity contribution < 1.29 is 22.7 Å². The molecule has 0 aromatic heterocycles. The third-order valence-electron chi connectivity index (χ3n) is 1.88. The topological polar surface area (TPSA) is 38.3 Å². The number of alkyl halides is 2. The SMILES string of the molecule is C=CC(=O)NCc1cc(F)ccc1OC(F)F. The van der Waals surface area contributed by atoms with E-state index in [9.17, 15) is 18.0 Å². The lowest BCUT2D eigenvalue weighted by atomic mass is 10.2. The zero-order chi connectivity index (χ0) is 12.8. The maximum atomic E-state index is 12.9. The molecule has 0 fully saturated rings. The standard InChI is InChI=1S/C11H10F3NO2/c1-2-10(16)15-6-7-5-8(12)3-4-9(7)17-11(13)14/h2-5,11H,1,6H2,(H,15,16). The van der Waals surface area contributed by atoms with Crippen LogP contribution in [-0.4, -0.2) is 12.5 Å². The molecule has 0 aliphatic carbocycles. The Kier molecular flexibility index (Phi) is 4.56. The highest BCUT2D eigenvalue weighted by Crippen LogP contribution is 2.21. The molecule has 0 saturated heterocycles. The van der Waals surface area contributed by atoms with E-state index in [0.29, 0.717) is 0 Å². The third kappa shape index (κ3) is 4.18. The van der Waals surface area contributed by atoms with E-state index in [4.69, 9.17) is 0 Å². The van der Waals surface area contributed by atoms with Gasteiger partial charge in [0, 0.05) is 12.1 Å². The molecule has 0 unspecified atom stereocenters. The van der Waals surface area contributed by atoms with Crippen molar-refractivity contribution >= 4 is 5.91 Å². The molecule has 0 aliphatic heterocycles. The fourth-order valence-corrected chi connectivity index (χ4v) is 1.15. The number of hydrogen-bond donors (Lipinski definition) is 1. The summed E-state index contributed by atoms with van der Waals surface area (Å²) in [5, 5.41) is 2.34. The van der Waals surface area contributed by atoms with Crippen molar-refractivity contribution in [3.63, 3.8) is 0 Å². The summed E-state index contributed by atoms with van der Waals surface area (Å²) in [6.07, 6.45) is 1.02. The van der Waals surface area contributed by atoms with E-state index < -0.39 is 18.3 Å². The van der Waals surface area contributed by atoms with Gasteiger partial charge in [-0.25, -0.2) is 4.39 Å². The Hall–Kier alpha value is -1.98. The first-order valence-corrected chi connectivity index (χ1v) is 4.66. The van der Waals surface area contributed by atoms with Gasteiger partial charge in [0.15, 0.2) is 0 Å². The van der Waals surface area contributed by atoms with Crippen LogP contribution in [0.5, 0.6) is 5.75 Å². The highest BCUT2D eigenvalue weighted by Gasteiger charge is 2.11. The summed E-state index contributed by atoms with van der Waals surface area (Å²) >= 11 is 0. The third-order valence-corrected chi connectivity index (χ3v) is 1.88. The molecule has 0 saturated carbocycles. The Morgan fingerprint density at radius 3 is 2.82 bits per heavy atom. The lowest BCUT2D eigenvalue weighted by Crippen LogP contribution is -2.20. The van der Waals surface area contributed by atoms with E-state index in [0.717, 1.165) is 24.3 Å². The van der Waals surface area contributed by atoms with E-state index in [1.54, 1.807) is 0 Å². The van der Waals surface area contributed by atoms with Gasteiger partial charge in [0.25, 0.3) is 0 Å². The highest BCUT2D eigenvalue weighted by molar-refractivity contribution is 5.86. The largest absolute Gasteiger partial charge is 0.434 e. The fraction of sp³-hybridized carbons (Fsp3) is 0.182. The zero-order valence-electron chi connectivity index (χ0n) is 8.75. The Morgan fingerprint density at radius 2 is 2.24 bits per heavy atom. The second-order valence-corrected chi connectivity index (χ2v) is 3.05. The second-order valence-electron chi connectivity index (χ2n) is 3.05. The monoisotopic (exact) mass is 245 g/mol. The molecule has 0 bridgehead atoms. The lowest BCUT2D eigenvalue weighted by Gasteiger charge is -2.10. The molecule has 1 aromatic rings. The van der Waals surface area contributed by atoms with Crippen molar-refractivity contribution in [1.29, 1.82) is 0 Å². The normalized spacial score (nSPS) is 10.1. The van der Waals surface area contributed by atoms with Gasteiger partial charge in [-0.1, -0.05) is 6.58 Å². The van der Waals surface area contributed by atoms with E-state index >= 15 is 0 Å². The number of carbonyl (C=O) groups is 1. The zero-order valence-corrected chi connectivity index (χ0v) is 8.75. The van der Waals surface area contributed by atoms with Crippen molar-refractivity contribution in [2.24, 2.45) is 0 Å². The quantitative estimate of drug-likeness (QED) is 0.808. The minimum absolute atomic E-state index is 0.120. The maximum Gasteiger partial charge on any atom is 0.387 e. The molecule has 0 heterocycles. The molecular weight excluding hydrogens is 235 g/mol. The van der Waals surface area contributed by atoms with Gasteiger partial charge in [-0.3, -0.25) is 4.79 Å². The van der Waals surface area contributed by atoms with Crippen molar-refractivity contribution in [3.8, 4) is 5.75 Å². The minimum atomic E-state index is -3.01. The molecule has 17 heavy (non-hydrogen) atoms. The second kappa shape index (κ2) is 5.93. The first kappa shape index (κ1) is 13.1. The van der Waals surface area contributed by atoms with Gasteiger partial charge < -0.3 is 10.1 Å². The smallest absolute Gasteiger partial charge is 0.387 e. The molecule has 0 atom stereocenters. The number of ether oxygens (including phenoxy) is 1. The van der Waals surface area contributed by atoms with E-state index in [-0.39, 0.29) is 17.9 Å². The average molecular weight is 245 g/mol. The summed E-state index contributed by atoms with van der Waals surface area (Å²) in [6, 6.07) is 3.09. The van der Waals surface area contributed by atoms with Crippen LogP contribution in [0.2, 0.25) is 0 Å². The van der Waals surface area contributed by atoms with Crippen molar-refractivity contribution in [1.82, 2.24) is 5.32 Å². The molecule has 6 heteroatoms. The van der Waals surface area contributed by atoms with Crippen LogP contribution in [0.15, 0.2) is 30.9 Å². The molecule has 0 aliphatic rings. The molecule has 0 radical (unpaired) electrons. The van der Waals surface area contributed by atoms with Gasteiger partial charge >= 0.3 is 6.61 Å².